The lowest BCUT2D eigenvalue weighted by Gasteiger charge is -2.18. The third kappa shape index (κ3) is 7.33. The van der Waals surface area contributed by atoms with Gasteiger partial charge in [0.15, 0.2) is 0 Å². The Bertz CT molecular complexity index is 465. The van der Waals surface area contributed by atoms with Gasteiger partial charge in [-0.1, -0.05) is 36.8 Å². The second kappa shape index (κ2) is 7.65. The molecule has 1 aromatic carbocycles. The Morgan fingerprint density at radius 3 is 2.37 bits per heavy atom. The van der Waals surface area contributed by atoms with Crippen LogP contribution in [0.4, 0.5) is 0 Å². The third-order valence-electron chi connectivity index (χ3n) is 3.16. The molecule has 0 aliphatic rings. The van der Waals surface area contributed by atoms with E-state index in [-0.39, 0.29) is 5.75 Å². The molecule has 0 amide bonds. The number of rotatable bonds is 8. The number of hydrogen-bond donors (Lipinski definition) is 1. The van der Waals surface area contributed by atoms with E-state index < -0.39 is 9.84 Å². The minimum absolute atomic E-state index is 0.281. The number of sulfone groups is 1. The van der Waals surface area contributed by atoms with E-state index in [9.17, 15) is 8.42 Å². The minimum atomic E-state index is -2.84. The molecule has 0 aliphatic carbocycles. The van der Waals surface area contributed by atoms with Gasteiger partial charge in [0.25, 0.3) is 0 Å². The number of benzene rings is 1. The van der Waals surface area contributed by atoms with Crippen LogP contribution in [0, 0.1) is 6.92 Å². The Morgan fingerprint density at radius 1 is 1.21 bits per heavy atom. The first kappa shape index (κ1) is 16.2. The fourth-order valence-corrected chi connectivity index (χ4v) is 2.86. The zero-order chi connectivity index (χ0) is 14.3. The van der Waals surface area contributed by atoms with Gasteiger partial charge in [-0.3, -0.25) is 0 Å². The molecule has 0 fully saturated rings. The number of aryl methyl sites for hydroxylation is 1. The first-order valence-corrected chi connectivity index (χ1v) is 8.93. The molecule has 0 saturated carbocycles. The van der Waals surface area contributed by atoms with Gasteiger partial charge in [0.1, 0.15) is 9.84 Å². The summed E-state index contributed by atoms with van der Waals surface area (Å²) in [6.45, 7) is 5.08. The number of hydrogen-bond acceptors (Lipinski definition) is 3. The highest BCUT2D eigenvalue weighted by Gasteiger charge is 2.10. The summed E-state index contributed by atoms with van der Waals surface area (Å²) in [5, 5.41) is 3.44. The van der Waals surface area contributed by atoms with Gasteiger partial charge in [-0.2, -0.15) is 0 Å². The van der Waals surface area contributed by atoms with Crippen molar-refractivity contribution in [3.05, 3.63) is 35.4 Å². The van der Waals surface area contributed by atoms with Gasteiger partial charge in [-0.15, -0.1) is 0 Å². The molecule has 3 nitrogen and oxygen atoms in total. The second-order valence-electron chi connectivity index (χ2n) is 5.22. The summed E-state index contributed by atoms with van der Waals surface area (Å²) in [6.07, 6.45) is 3.88. The Kier molecular flexibility index (Phi) is 6.52. The molecule has 0 bridgehead atoms. The predicted octanol–water partition coefficient (Wildman–Crippen LogP) is 2.34. The van der Waals surface area contributed by atoms with Gasteiger partial charge >= 0.3 is 0 Å². The van der Waals surface area contributed by atoms with Crippen LogP contribution >= 0.6 is 0 Å². The molecular weight excluding hydrogens is 258 g/mol. The SMILES string of the molecule is CCNC(CCCS(C)(=O)=O)Cc1ccc(C)cc1. The van der Waals surface area contributed by atoms with E-state index in [1.54, 1.807) is 0 Å². The van der Waals surface area contributed by atoms with Gasteiger partial charge in [0.2, 0.25) is 0 Å². The highest BCUT2D eigenvalue weighted by molar-refractivity contribution is 7.90. The zero-order valence-corrected chi connectivity index (χ0v) is 13.0. The quantitative estimate of drug-likeness (QED) is 0.796. The van der Waals surface area contributed by atoms with Gasteiger partial charge in [0.05, 0.1) is 0 Å². The summed E-state index contributed by atoms with van der Waals surface area (Å²) in [4.78, 5) is 0. The molecule has 1 unspecified atom stereocenters. The lowest BCUT2D eigenvalue weighted by atomic mass is 10.0. The van der Waals surface area contributed by atoms with Crippen LogP contribution in [0.2, 0.25) is 0 Å². The highest BCUT2D eigenvalue weighted by atomic mass is 32.2. The smallest absolute Gasteiger partial charge is 0.147 e. The average Bonchev–Trinajstić information content (AvgIpc) is 2.30. The summed E-state index contributed by atoms with van der Waals surface area (Å²) in [5.41, 5.74) is 2.57. The first-order valence-electron chi connectivity index (χ1n) is 6.87. The Morgan fingerprint density at radius 2 is 1.84 bits per heavy atom. The Hall–Kier alpha value is -0.870. The van der Waals surface area contributed by atoms with Crippen LogP contribution in [0.3, 0.4) is 0 Å². The molecule has 1 N–H and O–H groups in total. The van der Waals surface area contributed by atoms with Crippen LogP contribution in [0.15, 0.2) is 24.3 Å². The van der Waals surface area contributed by atoms with Crippen LogP contribution in [0.1, 0.15) is 30.9 Å². The van der Waals surface area contributed by atoms with Gasteiger partial charge in [0, 0.05) is 18.1 Å². The maximum absolute atomic E-state index is 11.1. The monoisotopic (exact) mass is 283 g/mol. The third-order valence-corrected chi connectivity index (χ3v) is 4.19. The van der Waals surface area contributed by atoms with Crippen molar-refractivity contribution in [3.8, 4) is 0 Å². The van der Waals surface area contributed by atoms with E-state index >= 15 is 0 Å². The highest BCUT2D eigenvalue weighted by Crippen LogP contribution is 2.10. The maximum atomic E-state index is 11.1. The van der Waals surface area contributed by atoms with Crippen molar-refractivity contribution in [1.29, 1.82) is 0 Å². The number of likely N-dealkylation sites (N-methyl/N-ethyl adjacent to an activating group) is 1. The first-order chi connectivity index (χ1) is 8.90. The molecule has 1 rings (SSSR count). The van der Waals surface area contributed by atoms with E-state index in [1.807, 2.05) is 0 Å². The molecule has 1 aromatic rings. The molecule has 1 atom stereocenters. The standard InChI is InChI=1S/C15H25NO2S/c1-4-16-15(6-5-11-19(3,17)18)12-14-9-7-13(2)8-10-14/h7-10,15-16H,4-6,11-12H2,1-3H3. The molecule has 19 heavy (non-hydrogen) atoms. The summed E-state index contributed by atoms with van der Waals surface area (Å²) in [6, 6.07) is 8.89. The van der Waals surface area contributed by atoms with Gasteiger partial charge < -0.3 is 5.32 Å². The lowest BCUT2D eigenvalue weighted by molar-refractivity contribution is 0.484. The van der Waals surface area contributed by atoms with Crippen molar-refractivity contribution in [2.75, 3.05) is 18.6 Å². The van der Waals surface area contributed by atoms with E-state index in [0.717, 1.165) is 25.8 Å². The Balaban J connectivity index is 2.50. The van der Waals surface area contributed by atoms with Crippen LogP contribution in [0.25, 0.3) is 0 Å². The molecule has 0 spiro atoms. The topological polar surface area (TPSA) is 46.2 Å². The summed E-state index contributed by atoms with van der Waals surface area (Å²) >= 11 is 0. The van der Waals surface area contributed by atoms with Crippen molar-refractivity contribution < 1.29 is 8.42 Å². The van der Waals surface area contributed by atoms with E-state index in [1.165, 1.54) is 17.4 Å². The molecule has 0 radical (unpaired) electrons. The van der Waals surface area contributed by atoms with Crippen LogP contribution < -0.4 is 5.32 Å². The maximum Gasteiger partial charge on any atom is 0.147 e. The average molecular weight is 283 g/mol. The van der Waals surface area contributed by atoms with Crippen molar-refractivity contribution in [2.45, 2.75) is 39.2 Å². The molecule has 0 aromatic heterocycles. The largest absolute Gasteiger partial charge is 0.314 e. The molecule has 108 valence electrons. The molecule has 0 aliphatic heterocycles. The number of nitrogens with one attached hydrogen (secondary N) is 1. The van der Waals surface area contributed by atoms with Crippen molar-refractivity contribution in [1.82, 2.24) is 5.32 Å². The molecule has 4 heteroatoms. The fourth-order valence-electron chi connectivity index (χ4n) is 2.17. The van der Waals surface area contributed by atoms with Crippen LogP contribution in [0.5, 0.6) is 0 Å². The van der Waals surface area contributed by atoms with Gasteiger partial charge in [-0.05, 0) is 38.3 Å². The Labute approximate surface area is 117 Å². The van der Waals surface area contributed by atoms with E-state index in [4.69, 9.17) is 0 Å². The fraction of sp³-hybridized carbons (Fsp3) is 0.600. The lowest BCUT2D eigenvalue weighted by Crippen LogP contribution is -2.31. The zero-order valence-electron chi connectivity index (χ0n) is 12.1. The molecule has 0 saturated heterocycles. The van der Waals surface area contributed by atoms with Crippen molar-refractivity contribution in [3.63, 3.8) is 0 Å². The van der Waals surface area contributed by atoms with Gasteiger partial charge in [-0.25, -0.2) is 8.42 Å². The summed E-state index contributed by atoms with van der Waals surface area (Å²) in [5.74, 6) is 0.281. The second-order valence-corrected chi connectivity index (χ2v) is 7.48. The summed E-state index contributed by atoms with van der Waals surface area (Å²) in [7, 11) is -2.84. The van der Waals surface area contributed by atoms with Crippen molar-refractivity contribution in [2.24, 2.45) is 0 Å². The van der Waals surface area contributed by atoms with Crippen molar-refractivity contribution >= 4 is 9.84 Å². The summed E-state index contributed by atoms with van der Waals surface area (Å²) < 4.78 is 22.3. The normalized spacial score (nSPS) is 13.4. The van der Waals surface area contributed by atoms with E-state index in [2.05, 4.69) is 43.4 Å². The molecular formula is C15H25NO2S. The van der Waals surface area contributed by atoms with Crippen LogP contribution in [-0.4, -0.2) is 33.0 Å². The van der Waals surface area contributed by atoms with E-state index in [0.29, 0.717) is 6.04 Å². The predicted molar refractivity (Wildman–Crippen MR) is 81.3 cm³/mol. The molecule has 0 heterocycles. The minimum Gasteiger partial charge on any atom is -0.314 e. The van der Waals surface area contributed by atoms with Crippen LogP contribution in [-0.2, 0) is 16.3 Å².